The van der Waals surface area contributed by atoms with Crippen molar-refractivity contribution < 1.29 is 13.6 Å². The normalized spacial score (nSPS) is 10.5. The highest BCUT2D eigenvalue weighted by Gasteiger charge is 2.12. The molecular formula is C17H14F2N4O. The molecule has 0 unspecified atom stereocenters. The summed E-state index contributed by atoms with van der Waals surface area (Å²) in [5.41, 5.74) is 1.65. The highest BCUT2D eigenvalue weighted by molar-refractivity contribution is 5.99. The molecule has 5 nitrogen and oxygen atoms in total. The molecule has 0 radical (unpaired) electrons. The lowest BCUT2D eigenvalue weighted by atomic mass is 10.1. The van der Waals surface area contributed by atoms with Crippen LogP contribution in [-0.2, 0) is 7.05 Å². The van der Waals surface area contributed by atoms with Crippen LogP contribution in [0.1, 0.15) is 0 Å². The van der Waals surface area contributed by atoms with E-state index in [1.54, 1.807) is 17.8 Å². The highest BCUT2D eigenvalue weighted by Crippen LogP contribution is 2.22. The zero-order valence-corrected chi connectivity index (χ0v) is 12.8. The number of carbonyl (C=O) groups is 1. The van der Waals surface area contributed by atoms with Gasteiger partial charge in [0, 0.05) is 19.2 Å². The number of hydrogen-bond donors (Lipinski definition) is 2. The number of carbonyl (C=O) groups excluding carboxylic acids is 1. The molecule has 2 N–H and O–H groups in total. The fourth-order valence-electron chi connectivity index (χ4n) is 2.27. The summed E-state index contributed by atoms with van der Waals surface area (Å²) in [7, 11) is 1.76. The van der Waals surface area contributed by atoms with Gasteiger partial charge in [-0.15, -0.1) is 0 Å². The quantitative estimate of drug-likeness (QED) is 0.763. The van der Waals surface area contributed by atoms with Gasteiger partial charge in [0.2, 0.25) is 0 Å². The van der Waals surface area contributed by atoms with Gasteiger partial charge >= 0.3 is 6.03 Å². The molecule has 0 spiro atoms. The van der Waals surface area contributed by atoms with Crippen molar-refractivity contribution >= 4 is 17.5 Å². The number of halogens is 2. The van der Waals surface area contributed by atoms with Crippen molar-refractivity contribution in [1.82, 2.24) is 9.78 Å². The molecule has 3 rings (SSSR count). The van der Waals surface area contributed by atoms with Crippen molar-refractivity contribution in [2.75, 3.05) is 10.6 Å². The molecule has 1 aromatic heterocycles. The lowest BCUT2D eigenvalue weighted by Crippen LogP contribution is -2.20. The third kappa shape index (κ3) is 3.40. The van der Waals surface area contributed by atoms with Crippen LogP contribution in [0.25, 0.3) is 11.3 Å². The molecule has 0 saturated carbocycles. The van der Waals surface area contributed by atoms with E-state index in [1.165, 1.54) is 0 Å². The molecule has 0 aliphatic rings. The lowest BCUT2D eigenvalue weighted by Gasteiger charge is -2.06. The van der Waals surface area contributed by atoms with E-state index < -0.39 is 17.7 Å². The second-order valence-electron chi connectivity index (χ2n) is 5.11. The Morgan fingerprint density at radius 3 is 2.50 bits per heavy atom. The molecule has 3 aromatic rings. The summed E-state index contributed by atoms with van der Waals surface area (Å²) in [5.74, 6) is -1.25. The second-order valence-corrected chi connectivity index (χ2v) is 5.11. The van der Waals surface area contributed by atoms with E-state index in [2.05, 4.69) is 15.7 Å². The predicted molar refractivity (Wildman–Crippen MR) is 87.6 cm³/mol. The Bertz CT molecular complexity index is 878. The molecular weight excluding hydrogens is 314 g/mol. The predicted octanol–water partition coefficient (Wildman–Crippen LogP) is 4.01. The van der Waals surface area contributed by atoms with E-state index in [4.69, 9.17) is 0 Å². The summed E-state index contributed by atoms with van der Waals surface area (Å²) in [6.45, 7) is 0. The van der Waals surface area contributed by atoms with Gasteiger partial charge in [-0.25, -0.2) is 13.6 Å². The number of urea groups is 1. The Balaban J connectivity index is 1.73. The standard InChI is InChI=1S/C17H14F2N4O/c1-23-15(11-5-3-2-4-6-11)10-16(22-23)21-17(24)20-14-8-7-12(18)9-13(14)19/h2-10H,1H3,(H2,20,21,22,24). The first-order valence-corrected chi connectivity index (χ1v) is 7.15. The monoisotopic (exact) mass is 328 g/mol. The fraction of sp³-hybridized carbons (Fsp3) is 0.0588. The molecule has 24 heavy (non-hydrogen) atoms. The van der Waals surface area contributed by atoms with E-state index in [0.717, 1.165) is 23.4 Å². The summed E-state index contributed by atoms with van der Waals surface area (Å²) in [6.07, 6.45) is 0. The topological polar surface area (TPSA) is 59.0 Å². The Kier molecular flexibility index (Phi) is 4.24. The second kappa shape index (κ2) is 6.49. The van der Waals surface area contributed by atoms with Gasteiger partial charge in [0.05, 0.1) is 11.4 Å². The molecule has 0 aliphatic heterocycles. The van der Waals surface area contributed by atoms with Gasteiger partial charge < -0.3 is 5.32 Å². The molecule has 7 heteroatoms. The number of benzene rings is 2. The molecule has 0 bridgehead atoms. The number of anilines is 2. The molecule has 2 aromatic carbocycles. The van der Waals surface area contributed by atoms with Crippen LogP contribution in [0, 0.1) is 11.6 Å². The number of nitrogens with one attached hydrogen (secondary N) is 2. The minimum absolute atomic E-state index is 0.117. The van der Waals surface area contributed by atoms with Crippen LogP contribution < -0.4 is 10.6 Å². The molecule has 0 aliphatic carbocycles. The maximum atomic E-state index is 13.5. The van der Waals surface area contributed by atoms with Crippen LogP contribution in [0.15, 0.2) is 54.6 Å². The Labute approximate surface area is 136 Å². The summed E-state index contributed by atoms with van der Waals surface area (Å²) < 4.78 is 28.0. The summed E-state index contributed by atoms with van der Waals surface area (Å²) in [4.78, 5) is 11.9. The number of hydrogen-bond acceptors (Lipinski definition) is 2. The average molecular weight is 328 g/mol. The Hall–Kier alpha value is -3.22. The van der Waals surface area contributed by atoms with Crippen LogP contribution >= 0.6 is 0 Å². The van der Waals surface area contributed by atoms with Crippen molar-refractivity contribution in [2.24, 2.45) is 7.05 Å². The van der Waals surface area contributed by atoms with Crippen LogP contribution in [0.2, 0.25) is 0 Å². The Morgan fingerprint density at radius 1 is 1.04 bits per heavy atom. The third-order valence-corrected chi connectivity index (χ3v) is 3.37. The lowest BCUT2D eigenvalue weighted by molar-refractivity contribution is 0.262. The van der Waals surface area contributed by atoms with E-state index in [9.17, 15) is 13.6 Å². The molecule has 0 atom stereocenters. The van der Waals surface area contributed by atoms with Gasteiger partial charge in [-0.3, -0.25) is 10.00 Å². The van der Waals surface area contributed by atoms with Gasteiger partial charge in [-0.2, -0.15) is 5.10 Å². The zero-order valence-electron chi connectivity index (χ0n) is 12.8. The average Bonchev–Trinajstić information content (AvgIpc) is 2.91. The summed E-state index contributed by atoms with van der Waals surface area (Å²) in [5, 5.41) is 9.03. The van der Waals surface area contributed by atoms with Crippen LogP contribution in [0.3, 0.4) is 0 Å². The van der Waals surface area contributed by atoms with Crippen molar-refractivity contribution in [3.8, 4) is 11.3 Å². The summed E-state index contributed by atoms with van der Waals surface area (Å²) in [6, 6.07) is 13.5. The maximum Gasteiger partial charge on any atom is 0.324 e. The van der Waals surface area contributed by atoms with Gasteiger partial charge in [-0.05, 0) is 17.7 Å². The van der Waals surface area contributed by atoms with Gasteiger partial charge in [0.1, 0.15) is 11.6 Å². The van der Waals surface area contributed by atoms with E-state index in [0.29, 0.717) is 11.9 Å². The van der Waals surface area contributed by atoms with Crippen molar-refractivity contribution in [3.05, 3.63) is 66.2 Å². The molecule has 2 amide bonds. The van der Waals surface area contributed by atoms with Crippen molar-refractivity contribution in [2.45, 2.75) is 0 Å². The van der Waals surface area contributed by atoms with Crippen molar-refractivity contribution in [3.63, 3.8) is 0 Å². The largest absolute Gasteiger partial charge is 0.324 e. The molecule has 0 fully saturated rings. The smallest absolute Gasteiger partial charge is 0.305 e. The van der Waals surface area contributed by atoms with E-state index in [1.807, 2.05) is 30.3 Å². The van der Waals surface area contributed by atoms with Crippen molar-refractivity contribution in [1.29, 1.82) is 0 Å². The van der Waals surface area contributed by atoms with Gasteiger partial charge in [0.15, 0.2) is 5.82 Å². The van der Waals surface area contributed by atoms with E-state index in [-0.39, 0.29) is 5.69 Å². The van der Waals surface area contributed by atoms with Crippen LogP contribution in [0.5, 0.6) is 0 Å². The number of nitrogens with zero attached hydrogens (tertiary/aromatic N) is 2. The first-order valence-electron chi connectivity index (χ1n) is 7.15. The maximum absolute atomic E-state index is 13.5. The molecule has 122 valence electrons. The SMILES string of the molecule is Cn1nc(NC(=O)Nc2ccc(F)cc2F)cc1-c1ccccc1. The fourth-order valence-corrected chi connectivity index (χ4v) is 2.27. The van der Waals surface area contributed by atoms with Gasteiger partial charge in [0.25, 0.3) is 0 Å². The van der Waals surface area contributed by atoms with Gasteiger partial charge in [-0.1, -0.05) is 30.3 Å². The Morgan fingerprint density at radius 2 is 1.79 bits per heavy atom. The third-order valence-electron chi connectivity index (χ3n) is 3.37. The number of aryl methyl sites for hydroxylation is 1. The number of rotatable bonds is 3. The molecule has 0 saturated heterocycles. The number of aromatic nitrogens is 2. The summed E-state index contributed by atoms with van der Waals surface area (Å²) >= 11 is 0. The molecule has 1 heterocycles. The zero-order chi connectivity index (χ0) is 17.1. The minimum Gasteiger partial charge on any atom is -0.305 e. The van der Waals surface area contributed by atoms with E-state index >= 15 is 0 Å². The van der Waals surface area contributed by atoms with Crippen LogP contribution in [-0.4, -0.2) is 15.8 Å². The first-order chi connectivity index (χ1) is 11.5. The van der Waals surface area contributed by atoms with Crippen LogP contribution in [0.4, 0.5) is 25.1 Å². The number of amides is 2. The minimum atomic E-state index is -0.851. The highest BCUT2D eigenvalue weighted by atomic mass is 19.1. The first kappa shape index (κ1) is 15.7.